The lowest BCUT2D eigenvalue weighted by Crippen LogP contribution is -2.33. The number of unbranched alkanes of at least 4 members (excludes halogenated alkanes) is 1. The Bertz CT molecular complexity index is 1140. The lowest BCUT2D eigenvalue weighted by molar-refractivity contribution is -0.117. The highest BCUT2D eigenvalue weighted by molar-refractivity contribution is 8.00. The van der Waals surface area contributed by atoms with Crippen molar-refractivity contribution in [3.05, 3.63) is 48.5 Å². The van der Waals surface area contributed by atoms with Crippen molar-refractivity contribution in [2.45, 2.75) is 48.5 Å². The van der Waals surface area contributed by atoms with Crippen molar-refractivity contribution in [3.63, 3.8) is 0 Å². The van der Waals surface area contributed by atoms with Crippen molar-refractivity contribution in [1.29, 1.82) is 0 Å². The van der Waals surface area contributed by atoms with Gasteiger partial charge in [0.25, 0.3) is 0 Å². The summed E-state index contributed by atoms with van der Waals surface area (Å²) in [7, 11) is -2.05. The summed E-state index contributed by atoms with van der Waals surface area (Å²) in [5.41, 5.74) is 2.21. The zero-order chi connectivity index (χ0) is 21.9. The number of amides is 1. The minimum Gasteiger partial charge on any atom is -0.319 e. The largest absolute Gasteiger partial charge is 0.319 e. The Balaban J connectivity index is 1.92. The molecule has 9 heteroatoms. The monoisotopic (exact) mass is 446 g/mol. The quantitative estimate of drug-likeness (QED) is 0.533. The molecule has 3 rings (SSSR count). The van der Waals surface area contributed by atoms with Crippen LogP contribution in [0.25, 0.3) is 11.0 Å². The minimum absolute atomic E-state index is 0.0274. The number of anilines is 1. The van der Waals surface area contributed by atoms with Crippen molar-refractivity contribution in [2.75, 3.05) is 11.9 Å². The van der Waals surface area contributed by atoms with E-state index in [1.807, 2.05) is 41.8 Å². The number of imidazole rings is 1. The second-order valence-corrected chi connectivity index (χ2v) is 9.96. The molecule has 160 valence electrons. The van der Waals surface area contributed by atoms with Crippen LogP contribution in [-0.4, -0.2) is 36.2 Å². The molecule has 7 nitrogen and oxygen atoms in total. The summed E-state index contributed by atoms with van der Waals surface area (Å²) >= 11 is 1.37. The van der Waals surface area contributed by atoms with Crippen molar-refractivity contribution >= 4 is 44.4 Å². The molecule has 1 heterocycles. The Morgan fingerprint density at radius 3 is 2.57 bits per heavy atom. The molecule has 2 N–H and O–H groups in total. The van der Waals surface area contributed by atoms with E-state index in [1.54, 1.807) is 18.0 Å². The van der Waals surface area contributed by atoms with Gasteiger partial charge in [-0.2, -0.15) is 0 Å². The summed E-state index contributed by atoms with van der Waals surface area (Å²) in [4.78, 5) is 19.2. The van der Waals surface area contributed by atoms with Gasteiger partial charge in [0.1, 0.15) is 0 Å². The van der Waals surface area contributed by atoms with Gasteiger partial charge in [0, 0.05) is 19.3 Å². The second kappa shape index (κ2) is 9.20. The molecule has 0 saturated carbocycles. The molecule has 1 amide bonds. The van der Waals surface area contributed by atoms with E-state index in [2.05, 4.69) is 11.9 Å². The van der Waals surface area contributed by atoms with Crippen LogP contribution >= 0.6 is 11.8 Å². The first kappa shape index (κ1) is 22.3. The molecule has 0 bridgehead atoms. The van der Waals surface area contributed by atoms with Crippen LogP contribution < -0.4 is 10.0 Å². The number of nitrogens with two attached hydrogens (primary N) is 1. The number of thioether (sulfide) groups is 1. The van der Waals surface area contributed by atoms with Crippen LogP contribution in [0, 0.1) is 0 Å². The van der Waals surface area contributed by atoms with E-state index in [1.165, 1.54) is 23.9 Å². The van der Waals surface area contributed by atoms with E-state index in [-0.39, 0.29) is 16.1 Å². The van der Waals surface area contributed by atoms with Gasteiger partial charge >= 0.3 is 0 Å². The third-order valence-electron chi connectivity index (χ3n) is 4.85. The molecule has 1 atom stereocenters. The molecule has 1 aromatic heterocycles. The zero-order valence-electron chi connectivity index (χ0n) is 17.3. The fraction of sp³-hybridized carbons (Fsp3) is 0.333. The zero-order valence-corrected chi connectivity index (χ0v) is 18.9. The highest BCUT2D eigenvalue weighted by atomic mass is 32.2. The third kappa shape index (κ3) is 4.85. The number of nitrogens with zero attached hydrogens (tertiary/aromatic N) is 3. The van der Waals surface area contributed by atoms with Gasteiger partial charge in [-0.1, -0.05) is 43.3 Å². The highest BCUT2D eigenvalue weighted by Crippen LogP contribution is 2.30. The topological polar surface area (TPSA) is 98.3 Å². The van der Waals surface area contributed by atoms with Gasteiger partial charge in [-0.25, -0.2) is 18.5 Å². The predicted molar refractivity (Wildman–Crippen MR) is 121 cm³/mol. The van der Waals surface area contributed by atoms with Crippen LogP contribution in [0.5, 0.6) is 0 Å². The minimum atomic E-state index is -3.81. The van der Waals surface area contributed by atoms with E-state index in [9.17, 15) is 13.2 Å². The Hall–Kier alpha value is -2.36. The molecule has 0 fully saturated rings. The molecule has 2 aromatic carbocycles. The number of primary sulfonamides is 1. The number of aromatic nitrogens is 2. The van der Waals surface area contributed by atoms with Crippen molar-refractivity contribution in [3.8, 4) is 0 Å². The molecule has 0 saturated heterocycles. The average molecular weight is 447 g/mol. The predicted octanol–water partition coefficient (Wildman–Crippen LogP) is 3.63. The molecule has 30 heavy (non-hydrogen) atoms. The van der Waals surface area contributed by atoms with E-state index in [0.29, 0.717) is 10.7 Å². The number of aryl methyl sites for hydroxylation is 1. The maximum Gasteiger partial charge on any atom is 0.240 e. The first-order chi connectivity index (χ1) is 14.2. The molecule has 0 aliphatic heterocycles. The number of hydrogen-bond acceptors (Lipinski definition) is 5. The second-order valence-electron chi connectivity index (χ2n) is 7.09. The van der Waals surface area contributed by atoms with E-state index in [4.69, 9.17) is 5.14 Å². The third-order valence-corrected chi connectivity index (χ3v) is 6.84. The maximum atomic E-state index is 12.9. The summed E-state index contributed by atoms with van der Waals surface area (Å²) in [6.45, 7) is 4.69. The van der Waals surface area contributed by atoms with Gasteiger partial charge in [0.05, 0.1) is 21.2 Å². The van der Waals surface area contributed by atoms with Crippen LogP contribution in [0.2, 0.25) is 0 Å². The molecule has 0 aliphatic carbocycles. The lowest BCUT2D eigenvalue weighted by atomic mass is 10.3. The van der Waals surface area contributed by atoms with Crippen molar-refractivity contribution in [2.24, 2.45) is 5.14 Å². The molecule has 0 spiro atoms. The van der Waals surface area contributed by atoms with Gasteiger partial charge in [-0.05, 0) is 43.7 Å². The Labute approximate surface area is 181 Å². The molecular weight excluding hydrogens is 420 g/mol. The van der Waals surface area contributed by atoms with Crippen LogP contribution in [-0.2, 0) is 21.4 Å². The Kier molecular flexibility index (Phi) is 6.84. The summed E-state index contributed by atoms with van der Waals surface area (Å²) in [6.07, 6.45) is 1.95. The van der Waals surface area contributed by atoms with E-state index in [0.717, 1.165) is 30.6 Å². The van der Waals surface area contributed by atoms with Crippen molar-refractivity contribution < 1.29 is 13.2 Å². The standard InChI is InChI=1S/C21H26N4O3S2/c1-4-5-13-25-19-12-11-17(30(22,27)28)14-18(19)23-21(25)29-15(2)20(26)24(3)16-9-7-6-8-10-16/h6-12,14-15H,4-5,13H2,1-3H3,(H2,22,27,28). The van der Waals surface area contributed by atoms with Crippen LogP contribution in [0.1, 0.15) is 26.7 Å². The number of carbonyl (C=O) groups is 1. The molecule has 1 unspecified atom stereocenters. The number of fused-ring (bicyclic) bond motifs is 1. The van der Waals surface area contributed by atoms with Gasteiger partial charge in [-0.15, -0.1) is 0 Å². The average Bonchev–Trinajstić information content (AvgIpc) is 3.07. The fourth-order valence-electron chi connectivity index (χ4n) is 3.15. The number of sulfonamides is 1. The number of rotatable bonds is 8. The van der Waals surface area contributed by atoms with Gasteiger partial charge in [0.2, 0.25) is 15.9 Å². The van der Waals surface area contributed by atoms with Gasteiger partial charge in [-0.3, -0.25) is 4.79 Å². The SMILES string of the molecule is CCCCn1c(SC(C)C(=O)N(C)c2ccccc2)nc2cc(S(N)(=O)=O)ccc21. The normalized spacial score (nSPS) is 12.8. The lowest BCUT2D eigenvalue weighted by Gasteiger charge is -2.21. The molecule has 0 aliphatic rings. The van der Waals surface area contributed by atoms with E-state index >= 15 is 0 Å². The number of benzene rings is 2. The number of carbonyl (C=O) groups excluding carboxylic acids is 1. The maximum absolute atomic E-state index is 12.9. The summed E-state index contributed by atoms with van der Waals surface area (Å²) < 4.78 is 25.5. The van der Waals surface area contributed by atoms with E-state index < -0.39 is 10.0 Å². The van der Waals surface area contributed by atoms with Gasteiger partial charge < -0.3 is 9.47 Å². The number of hydrogen-bond donors (Lipinski definition) is 1. The fourth-order valence-corrected chi connectivity index (χ4v) is 4.72. The summed E-state index contributed by atoms with van der Waals surface area (Å²) in [5, 5.41) is 5.58. The summed E-state index contributed by atoms with van der Waals surface area (Å²) in [6, 6.07) is 14.2. The molecule has 0 radical (unpaired) electrons. The summed E-state index contributed by atoms with van der Waals surface area (Å²) in [5.74, 6) is -0.0366. The van der Waals surface area contributed by atoms with Crippen LogP contribution in [0.15, 0.2) is 58.6 Å². The first-order valence-electron chi connectivity index (χ1n) is 9.74. The first-order valence-corrected chi connectivity index (χ1v) is 12.2. The molecular formula is C21H26N4O3S2. The highest BCUT2D eigenvalue weighted by Gasteiger charge is 2.23. The van der Waals surface area contributed by atoms with Crippen molar-refractivity contribution in [1.82, 2.24) is 9.55 Å². The molecule has 3 aromatic rings. The Morgan fingerprint density at radius 1 is 1.23 bits per heavy atom. The smallest absolute Gasteiger partial charge is 0.240 e. The van der Waals surface area contributed by atoms with Gasteiger partial charge in [0.15, 0.2) is 5.16 Å². The number of para-hydroxylation sites is 1. The Morgan fingerprint density at radius 2 is 1.93 bits per heavy atom. The van der Waals surface area contributed by atoms with Crippen LogP contribution in [0.4, 0.5) is 5.69 Å². The van der Waals surface area contributed by atoms with Crippen LogP contribution in [0.3, 0.4) is 0 Å².